The molecule has 0 aromatic heterocycles. The average molecular weight is 354 g/mol. The molecule has 4 nitrogen and oxygen atoms in total. The van der Waals surface area contributed by atoms with Crippen LogP contribution in [0.3, 0.4) is 0 Å². The van der Waals surface area contributed by atoms with Crippen LogP contribution in [0.1, 0.15) is 31.2 Å². The van der Waals surface area contributed by atoms with Gasteiger partial charge in [0.25, 0.3) is 0 Å². The van der Waals surface area contributed by atoms with Gasteiger partial charge in [-0.2, -0.15) is 0 Å². The maximum Gasteiger partial charge on any atom is 0.303 e. The Hall–Kier alpha value is -1.36. The van der Waals surface area contributed by atoms with Crippen LogP contribution in [0.4, 0.5) is 0 Å². The lowest BCUT2D eigenvalue weighted by Gasteiger charge is -2.32. The largest absolute Gasteiger partial charge is 0.481 e. The van der Waals surface area contributed by atoms with Crippen molar-refractivity contribution in [3.8, 4) is 0 Å². The van der Waals surface area contributed by atoms with Gasteiger partial charge in [0.15, 0.2) is 0 Å². The number of carboxylic acid groups (broad SMARTS) is 1. The first-order chi connectivity index (χ1) is 10.0. The molecule has 1 saturated heterocycles. The van der Waals surface area contributed by atoms with Crippen LogP contribution in [0.5, 0.6) is 0 Å². The molecule has 1 atom stereocenters. The second-order valence-electron chi connectivity index (χ2n) is 5.59. The highest BCUT2D eigenvalue weighted by atomic mass is 79.9. The third-order valence-corrected chi connectivity index (χ3v) is 4.38. The van der Waals surface area contributed by atoms with Crippen LogP contribution in [-0.4, -0.2) is 35.0 Å². The second-order valence-corrected chi connectivity index (χ2v) is 6.50. The molecular weight excluding hydrogens is 334 g/mol. The first-order valence-electron chi connectivity index (χ1n) is 7.28. The van der Waals surface area contributed by atoms with E-state index in [0.717, 1.165) is 29.4 Å². The van der Waals surface area contributed by atoms with Crippen LogP contribution in [0.15, 0.2) is 28.7 Å². The quantitative estimate of drug-likeness (QED) is 0.884. The molecule has 1 N–H and O–H groups in total. The van der Waals surface area contributed by atoms with E-state index in [1.807, 2.05) is 29.2 Å². The van der Waals surface area contributed by atoms with Gasteiger partial charge in [-0.05, 0) is 42.9 Å². The highest BCUT2D eigenvalue weighted by molar-refractivity contribution is 9.10. The normalized spacial score (nSPS) is 18.5. The van der Waals surface area contributed by atoms with Crippen molar-refractivity contribution in [2.75, 3.05) is 13.1 Å². The van der Waals surface area contributed by atoms with E-state index in [0.29, 0.717) is 25.3 Å². The minimum atomic E-state index is -0.757. The average Bonchev–Trinajstić information content (AvgIpc) is 2.45. The van der Waals surface area contributed by atoms with Gasteiger partial charge in [0, 0.05) is 24.0 Å². The number of rotatable bonds is 5. The number of benzene rings is 1. The van der Waals surface area contributed by atoms with Crippen molar-refractivity contribution in [3.63, 3.8) is 0 Å². The van der Waals surface area contributed by atoms with Crippen LogP contribution < -0.4 is 0 Å². The number of carboxylic acids is 1. The summed E-state index contributed by atoms with van der Waals surface area (Å²) in [5.41, 5.74) is 1.00. The van der Waals surface area contributed by atoms with E-state index in [1.165, 1.54) is 0 Å². The van der Waals surface area contributed by atoms with Gasteiger partial charge in [-0.3, -0.25) is 9.59 Å². The number of hydrogen-bond donors (Lipinski definition) is 1. The number of carbonyl (C=O) groups excluding carboxylic acids is 1. The predicted octanol–water partition coefficient (Wildman–Crippen LogP) is 3.10. The summed E-state index contributed by atoms with van der Waals surface area (Å²) in [5, 5.41) is 8.76. The number of piperidine rings is 1. The molecule has 1 unspecified atom stereocenters. The lowest BCUT2D eigenvalue weighted by molar-refractivity contribution is -0.137. The van der Waals surface area contributed by atoms with Gasteiger partial charge in [-0.1, -0.05) is 28.1 Å². The fourth-order valence-electron chi connectivity index (χ4n) is 2.79. The maximum absolute atomic E-state index is 12.4. The molecule has 1 fully saturated rings. The summed E-state index contributed by atoms with van der Waals surface area (Å²) in [6.45, 7) is 1.48. The van der Waals surface area contributed by atoms with E-state index in [4.69, 9.17) is 5.11 Å². The molecule has 2 rings (SSSR count). The highest BCUT2D eigenvalue weighted by Gasteiger charge is 2.24. The molecule has 0 spiro atoms. The SMILES string of the molecule is O=C(O)CCC1CCCN(C(=O)Cc2cccc(Br)c2)C1. The molecule has 1 heterocycles. The zero-order valence-electron chi connectivity index (χ0n) is 11.9. The lowest BCUT2D eigenvalue weighted by atomic mass is 9.93. The van der Waals surface area contributed by atoms with E-state index in [-0.39, 0.29) is 12.3 Å². The fraction of sp³-hybridized carbons (Fsp3) is 0.500. The lowest BCUT2D eigenvalue weighted by Crippen LogP contribution is -2.40. The van der Waals surface area contributed by atoms with Crippen LogP contribution in [0.25, 0.3) is 0 Å². The van der Waals surface area contributed by atoms with Crippen LogP contribution in [0, 0.1) is 5.92 Å². The third-order valence-electron chi connectivity index (χ3n) is 3.88. The molecular formula is C16H20BrNO3. The number of aliphatic carboxylic acids is 1. The molecule has 1 aliphatic heterocycles. The summed E-state index contributed by atoms with van der Waals surface area (Å²) in [6, 6.07) is 7.79. The van der Waals surface area contributed by atoms with E-state index in [9.17, 15) is 9.59 Å². The molecule has 0 aliphatic carbocycles. The standard InChI is InChI=1S/C16H20BrNO3/c17-14-5-1-3-13(9-14)10-15(19)18-8-2-4-12(11-18)6-7-16(20)21/h1,3,5,9,12H,2,4,6-8,10-11H2,(H,20,21). The third kappa shape index (κ3) is 5.16. The molecule has 114 valence electrons. The molecule has 0 saturated carbocycles. The summed E-state index contributed by atoms with van der Waals surface area (Å²) in [4.78, 5) is 24.9. The predicted molar refractivity (Wildman–Crippen MR) is 84.0 cm³/mol. The van der Waals surface area contributed by atoms with Gasteiger partial charge in [-0.25, -0.2) is 0 Å². The van der Waals surface area contributed by atoms with Crippen molar-refractivity contribution in [1.29, 1.82) is 0 Å². The Morgan fingerprint density at radius 1 is 1.38 bits per heavy atom. The van der Waals surface area contributed by atoms with Crippen molar-refractivity contribution in [3.05, 3.63) is 34.3 Å². The smallest absolute Gasteiger partial charge is 0.303 e. The van der Waals surface area contributed by atoms with Gasteiger partial charge >= 0.3 is 5.97 Å². The summed E-state index contributed by atoms with van der Waals surface area (Å²) < 4.78 is 0.978. The van der Waals surface area contributed by atoms with Crippen LogP contribution in [0.2, 0.25) is 0 Å². The molecule has 1 aromatic rings. The van der Waals surface area contributed by atoms with Gasteiger partial charge < -0.3 is 10.0 Å². The highest BCUT2D eigenvalue weighted by Crippen LogP contribution is 2.22. The zero-order valence-corrected chi connectivity index (χ0v) is 13.5. The summed E-state index contributed by atoms with van der Waals surface area (Å²) in [7, 11) is 0. The number of amides is 1. The number of hydrogen-bond acceptors (Lipinski definition) is 2. The second kappa shape index (κ2) is 7.59. The summed E-state index contributed by atoms with van der Waals surface area (Å²) >= 11 is 3.41. The Kier molecular flexibility index (Phi) is 5.79. The summed E-state index contributed by atoms with van der Waals surface area (Å²) in [5.74, 6) is -0.304. The number of likely N-dealkylation sites (tertiary alicyclic amines) is 1. The van der Waals surface area contributed by atoms with Crippen LogP contribution in [-0.2, 0) is 16.0 Å². The molecule has 21 heavy (non-hydrogen) atoms. The molecule has 5 heteroatoms. The van der Waals surface area contributed by atoms with Gasteiger partial charge in [0.1, 0.15) is 0 Å². The van der Waals surface area contributed by atoms with E-state index in [2.05, 4.69) is 15.9 Å². The Balaban J connectivity index is 1.88. The number of halogens is 1. The molecule has 1 aromatic carbocycles. The topological polar surface area (TPSA) is 57.6 Å². The molecule has 0 bridgehead atoms. The van der Waals surface area contributed by atoms with E-state index in [1.54, 1.807) is 0 Å². The maximum atomic E-state index is 12.4. The van der Waals surface area contributed by atoms with Crippen molar-refractivity contribution in [2.45, 2.75) is 32.1 Å². The van der Waals surface area contributed by atoms with Gasteiger partial charge in [0.2, 0.25) is 5.91 Å². The molecule has 1 aliphatic rings. The van der Waals surface area contributed by atoms with Gasteiger partial charge in [-0.15, -0.1) is 0 Å². The fourth-order valence-corrected chi connectivity index (χ4v) is 3.23. The van der Waals surface area contributed by atoms with Crippen molar-refractivity contribution in [1.82, 2.24) is 4.90 Å². The Morgan fingerprint density at radius 3 is 2.90 bits per heavy atom. The Morgan fingerprint density at radius 2 is 2.19 bits per heavy atom. The summed E-state index contributed by atoms with van der Waals surface area (Å²) in [6.07, 6.45) is 3.25. The van der Waals surface area contributed by atoms with Gasteiger partial charge in [0.05, 0.1) is 6.42 Å². The zero-order chi connectivity index (χ0) is 15.2. The van der Waals surface area contributed by atoms with Crippen molar-refractivity contribution < 1.29 is 14.7 Å². The number of nitrogens with zero attached hydrogens (tertiary/aromatic N) is 1. The first kappa shape index (κ1) is 16.0. The van der Waals surface area contributed by atoms with E-state index < -0.39 is 5.97 Å². The molecule has 0 radical (unpaired) electrons. The van der Waals surface area contributed by atoms with Crippen molar-refractivity contribution >= 4 is 27.8 Å². The van der Waals surface area contributed by atoms with E-state index >= 15 is 0 Å². The Labute approximate surface area is 133 Å². The Bertz CT molecular complexity index is 518. The van der Waals surface area contributed by atoms with Crippen LogP contribution >= 0.6 is 15.9 Å². The first-order valence-corrected chi connectivity index (χ1v) is 8.08. The monoisotopic (exact) mass is 353 g/mol. The van der Waals surface area contributed by atoms with Crippen molar-refractivity contribution in [2.24, 2.45) is 5.92 Å². The molecule has 1 amide bonds. The minimum absolute atomic E-state index is 0.133. The minimum Gasteiger partial charge on any atom is -0.481 e. The number of carbonyl (C=O) groups is 2.